The van der Waals surface area contributed by atoms with E-state index in [1.54, 1.807) is 0 Å². The number of hydrogen-bond acceptors (Lipinski definition) is 2. The Morgan fingerprint density at radius 1 is 0.833 bits per heavy atom. The number of likely N-dealkylation sites (tertiary alicyclic amines) is 1. The molecule has 1 aliphatic heterocycles. The highest BCUT2D eigenvalue weighted by Gasteiger charge is 2.14. The van der Waals surface area contributed by atoms with Crippen molar-refractivity contribution < 1.29 is 0 Å². The minimum atomic E-state index is 0.926. The fraction of sp³-hybridized carbons (Fsp3) is 0.286. The van der Waals surface area contributed by atoms with Crippen LogP contribution in [0.25, 0.3) is 23.2 Å². The van der Waals surface area contributed by atoms with Gasteiger partial charge in [0.15, 0.2) is 0 Å². The van der Waals surface area contributed by atoms with Gasteiger partial charge < -0.3 is 4.57 Å². The molecular formula is C21H23N3. The van der Waals surface area contributed by atoms with Crippen molar-refractivity contribution in [2.45, 2.75) is 25.9 Å². The number of aromatic nitrogens is 2. The summed E-state index contributed by atoms with van der Waals surface area (Å²) in [4.78, 5) is 7.38. The van der Waals surface area contributed by atoms with Gasteiger partial charge in [-0.3, -0.25) is 4.90 Å². The smallest absolute Gasteiger partial charge is 0.134 e. The van der Waals surface area contributed by atoms with Crippen molar-refractivity contribution >= 4 is 23.2 Å². The van der Waals surface area contributed by atoms with Gasteiger partial charge >= 0.3 is 0 Å². The number of para-hydroxylation sites is 2. The molecule has 2 heterocycles. The Bertz CT molecular complexity index is 827. The predicted octanol–water partition coefficient (Wildman–Crippen LogP) is 4.65. The van der Waals surface area contributed by atoms with E-state index in [0.29, 0.717) is 0 Å². The third kappa shape index (κ3) is 3.26. The zero-order valence-electron chi connectivity index (χ0n) is 13.9. The first-order valence-electron chi connectivity index (χ1n) is 8.81. The Hall–Kier alpha value is -2.39. The van der Waals surface area contributed by atoms with Crippen molar-refractivity contribution in [3.05, 3.63) is 66.0 Å². The van der Waals surface area contributed by atoms with Crippen LogP contribution in [-0.2, 0) is 6.67 Å². The third-order valence-corrected chi connectivity index (χ3v) is 4.70. The molecule has 1 saturated heterocycles. The Balaban J connectivity index is 1.68. The van der Waals surface area contributed by atoms with Crippen LogP contribution < -0.4 is 0 Å². The van der Waals surface area contributed by atoms with Crippen LogP contribution in [0, 0.1) is 0 Å². The zero-order chi connectivity index (χ0) is 16.2. The van der Waals surface area contributed by atoms with Gasteiger partial charge in [0.25, 0.3) is 0 Å². The first-order valence-corrected chi connectivity index (χ1v) is 8.81. The molecule has 0 atom stereocenters. The van der Waals surface area contributed by atoms with E-state index in [1.165, 1.54) is 43.4 Å². The highest BCUT2D eigenvalue weighted by molar-refractivity contribution is 5.79. The topological polar surface area (TPSA) is 21.1 Å². The van der Waals surface area contributed by atoms with Crippen LogP contribution >= 0.6 is 0 Å². The number of imidazole rings is 1. The van der Waals surface area contributed by atoms with Crippen molar-refractivity contribution in [1.29, 1.82) is 0 Å². The van der Waals surface area contributed by atoms with Gasteiger partial charge in [0.05, 0.1) is 17.7 Å². The molecule has 2 aromatic carbocycles. The molecule has 1 aliphatic rings. The molecule has 0 saturated carbocycles. The molecule has 1 aromatic heterocycles. The van der Waals surface area contributed by atoms with E-state index in [2.05, 4.69) is 70.1 Å². The molecule has 3 heteroatoms. The van der Waals surface area contributed by atoms with E-state index >= 15 is 0 Å². The second-order valence-electron chi connectivity index (χ2n) is 6.45. The highest BCUT2D eigenvalue weighted by atomic mass is 15.3. The van der Waals surface area contributed by atoms with Crippen LogP contribution in [0.2, 0.25) is 0 Å². The lowest BCUT2D eigenvalue weighted by Gasteiger charge is -2.27. The average Bonchev–Trinajstić information content (AvgIpc) is 2.99. The maximum absolute atomic E-state index is 4.84. The van der Waals surface area contributed by atoms with Crippen molar-refractivity contribution in [2.75, 3.05) is 13.1 Å². The lowest BCUT2D eigenvalue weighted by molar-refractivity contribution is 0.184. The highest BCUT2D eigenvalue weighted by Crippen LogP contribution is 2.20. The number of piperidine rings is 1. The van der Waals surface area contributed by atoms with Gasteiger partial charge in [-0.1, -0.05) is 55.0 Å². The largest absolute Gasteiger partial charge is 0.311 e. The van der Waals surface area contributed by atoms with Crippen LogP contribution in [0.1, 0.15) is 30.7 Å². The molecule has 0 spiro atoms. The van der Waals surface area contributed by atoms with Crippen molar-refractivity contribution in [3.8, 4) is 0 Å². The Morgan fingerprint density at radius 3 is 2.42 bits per heavy atom. The van der Waals surface area contributed by atoms with Gasteiger partial charge in [0, 0.05) is 0 Å². The summed E-state index contributed by atoms with van der Waals surface area (Å²) in [7, 11) is 0. The minimum absolute atomic E-state index is 0.926. The van der Waals surface area contributed by atoms with E-state index in [1.807, 2.05) is 6.07 Å². The molecule has 0 bridgehead atoms. The maximum atomic E-state index is 4.84. The maximum Gasteiger partial charge on any atom is 0.134 e. The van der Waals surface area contributed by atoms with Crippen molar-refractivity contribution in [1.82, 2.24) is 14.5 Å². The first kappa shape index (κ1) is 15.2. The van der Waals surface area contributed by atoms with Gasteiger partial charge in [0.2, 0.25) is 0 Å². The number of benzene rings is 2. The standard InChI is InChI=1S/C21H23N3/c1-3-9-18(10-4-1)13-14-21-22-19-11-5-6-12-20(19)24(21)17-23-15-7-2-8-16-23/h1,3-6,9-14H,2,7-8,15-17H2/b14-13+. The number of fused-ring (bicyclic) bond motifs is 1. The first-order chi connectivity index (χ1) is 11.9. The predicted molar refractivity (Wildman–Crippen MR) is 101 cm³/mol. The van der Waals surface area contributed by atoms with Gasteiger partial charge in [-0.2, -0.15) is 0 Å². The molecule has 122 valence electrons. The van der Waals surface area contributed by atoms with Gasteiger partial charge in [-0.25, -0.2) is 4.98 Å². The van der Waals surface area contributed by atoms with E-state index in [9.17, 15) is 0 Å². The van der Waals surface area contributed by atoms with E-state index in [4.69, 9.17) is 4.98 Å². The summed E-state index contributed by atoms with van der Waals surface area (Å²) in [6.07, 6.45) is 8.26. The molecular weight excluding hydrogens is 294 g/mol. The molecule has 0 N–H and O–H groups in total. The summed E-state index contributed by atoms with van der Waals surface area (Å²) in [5.74, 6) is 1.03. The molecule has 3 aromatic rings. The molecule has 4 rings (SSSR count). The summed E-state index contributed by atoms with van der Waals surface area (Å²) < 4.78 is 2.35. The van der Waals surface area contributed by atoms with E-state index in [0.717, 1.165) is 18.0 Å². The summed E-state index contributed by atoms with van der Waals surface area (Å²) in [6, 6.07) is 18.8. The second kappa shape index (κ2) is 7.02. The summed E-state index contributed by atoms with van der Waals surface area (Å²) in [6.45, 7) is 3.30. The third-order valence-electron chi connectivity index (χ3n) is 4.70. The quantitative estimate of drug-likeness (QED) is 0.698. The monoisotopic (exact) mass is 317 g/mol. The lowest BCUT2D eigenvalue weighted by atomic mass is 10.1. The van der Waals surface area contributed by atoms with Gasteiger partial charge in [0.1, 0.15) is 5.82 Å². The molecule has 3 nitrogen and oxygen atoms in total. The van der Waals surface area contributed by atoms with Crippen LogP contribution in [-0.4, -0.2) is 27.5 Å². The van der Waals surface area contributed by atoms with Crippen molar-refractivity contribution in [3.63, 3.8) is 0 Å². The summed E-state index contributed by atoms with van der Waals surface area (Å²) in [5.41, 5.74) is 3.49. The fourth-order valence-corrected chi connectivity index (χ4v) is 3.41. The summed E-state index contributed by atoms with van der Waals surface area (Å²) in [5, 5.41) is 0. The van der Waals surface area contributed by atoms with Crippen LogP contribution in [0.5, 0.6) is 0 Å². The Morgan fingerprint density at radius 2 is 1.58 bits per heavy atom. The molecule has 24 heavy (non-hydrogen) atoms. The van der Waals surface area contributed by atoms with E-state index < -0.39 is 0 Å². The number of hydrogen-bond donors (Lipinski definition) is 0. The molecule has 0 unspecified atom stereocenters. The molecule has 1 fully saturated rings. The Labute approximate surface area is 143 Å². The normalized spacial score (nSPS) is 16.2. The molecule has 0 radical (unpaired) electrons. The number of rotatable bonds is 4. The lowest BCUT2D eigenvalue weighted by Crippen LogP contribution is -2.32. The minimum Gasteiger partial charge on any atom is -0.311 e. The molecule has 0 amide bonds. The van der Waals surface area contributed by atoms with Gasteiger partial charge in [-0.15, -0.1) is 0 Å². The molecule has 0 aliphatic carbocycles. The zero-order valence-corrected chi connectivity index (χ0v) is 13.9. The second-order valence-corrected chi connectivity index (χ2v) is 6.45. The van der Waals surface area contributed by atoms with Crippen molar-refractivity contribution in [2.24, 2.45) is 0 Å². The SMILES string of the molecule is C(=C\c1nc2ccccc2n1CN1CCCCC1)/c1ccccc1. The van der Waals surface area contributed by atoms with Gasteiger partial charge in [-0.05, 0) is 49.7 Å². The fourth-order valence-electron chi connectivity index (χ4n) is 3.41. The van der Waals surface area contributed by atoms with Crippen LogP contribution in [0.15, 0.2) is 54.6 Å². The van der Waals surface area contributed by atoms with E-state index in [-0.39, 0.29) is 0 Å². The summed E-state index contributed by atoms with van der Waals surface area (Å²) >= 11 is 0. The number of nitrogens with zero attached hydrogens (tertiary/aromatic N) is 3. The van der Waals surface area contributed by atoms with Crippen LogP contribution in [0.3, 0.4) is 0 Å². The van der Waals surface area contributed by atoms with Crippen LogP contribution in [0.4, 0.5) is 0 Å². The average molecular weight is 317 g/mol. The Kier molecular flexibility index (Phi) is 4.43.